The molecule has 1 heterocycles. The van der Waals surface area contributed by atoms with Gasteiger partial charge in [0.25, 0.3) is 5.91 Å². The van der Waals surface area contributed by atoms with Gasteiger partial charge in [0, 0.05) is 12.7 Å². The van der Waals surface area contributed by atoms with Crippen LogP contribution < -0.4 is 5.32 Å². The maximum Gasteiger partial charge on any atom is 0.273 e. The molecule has 14 heavy (non-hydrogen) atoms. The van der Waals surface area contributed by atoms with E-state index in [1.165, 1.54) is 18.3 Å². The number of carbonyl (C=O) groups is 1. The fourth-order valence-electron chi connectivity index (χ4n) is 0.896. The van der Waals surface area contributed by atoms with Crippen molar-refractivity contribution in [2.45, 2.75) is 13.0 Å². The summed E-state index contributed by atoms with van der Waals surface area (Å²) in [5.41, 5.74) is -0.0341. The molecule has 0 radical (unpaired) electrons. The molecule has 1 amide bonds. The highest BCUT2D eigenvalue weighted by atomic mass is 16.3. The van der Waals surface area contributed by atoms with Crippen molar-refractivity contribution < 1.29 is 15.0 Å². The highest BCUT2D eigenvalue weighted by Crippen LogP contribution is 2.11. The molecular weight excluding hydrogens is 184 g/mol. The summed E-state index contributed by atoms with van der Waals surface area (Å²) in [6.45, 7) is 1.69. The monoisotopic (exact) mass is 196 g/mol. The van der Waals surface area contributed by atoms with Crippen LogP contribution in [0.15, 0.2) is 18.3 Å². The van der Waals surface area contributed by atoms with E-state index in [9.17, 15) is 9.90 Å². The van der Waals surface area contributed by atoms with Crippen molar-refractivity contribution in [2.75, 3.05) is 6.54 Å². The van der Waals surface area contributed by atoms with Gasteiger partial charge in [-0.25, -0.2) is 4.98 Å². The lowest BCUT2D eigenvalue weighted by Gasteiger charge is -2.06. The van der Waals surface area contributed by atoms with Crippen molar-refractivity contribution in [1.29, 1.82) is 0 Å². The Morgan fingerprint density at radius 3 is 3.00 bits per heavy atom. The zero-order valence-corrected chi connectivity index (χ0v) is 7.77. The fourth-order valence-corrected chi connectivity index (χ4v) is 0.896. The lowest BCUT2D eigenvalue weighted by atomic mass is 10.3. The predicted octanol–water partition coefficient (Wildman–Crippen LogP) is -0.102. The van der Waals surface area contributed by atoms with Crippen LogP contribution in [0.5, 0.6) is 5.75 Å². The molecular formula is C9H12N2O3. The number of hydrogen-bond acceptors (Lipinski definition) is 4. The predicted molar refractivity (Wildman–Crippen MR) is 49.9 cm³/mol. The summed E-state index contributed by atoms with van der Waals surface area (Å²) in [7, 11) is 0. The Hall–Kier alpha value is -1.62. The van der Waals surface area contributed by atoms with Crippen molar-refractivity contribution in [1.82, 2.24) is 10.3 Å². The van der Waals surface area contributed by atoms with Gasteiger partial charge in [-0.05, 0) is 19.1 Å². The van der Waals surface area contributed by atoms with Crippen LogP contribution in [0.1, 0.15) is 17.4 Å². The first-order valence-corrected chi connectivity index (χ1v) is 4.21. The summed E-state index contributed by atoms with van der Waals surface area (Å²) in [6.07, 6.45) is 0.793. The molecule has 1 aromatic heterocycles. The third-order valence-corrected chi connectivity index (χ3v) is 1.56. The summed E-state index contributed by atoms with van der Waals surface area (Å²) in [6, 6.07) is 2.91. The van der Waals surface area contributed by atoms with Gasteiger partial charge in [-0.2, -0.15) is 0 Å². The molecule has 5 nitrogen and oxygen atoms in total. The number of nitrogens with one attached hydrogen (secondary N) is 1. The average Bonchev–Trinajstić information content (AvgIpc) is 2.15. The second-order valence-corrected chi connectivity index (χ2v) is 2.93. The lowest BCUT2D eigenvalue weighted by Crippen LogP contribution is -2.31. The van der Waals surface area contributed by atoms with Gasteiger partial charge in [-0.3, -0.25) is 4.79 Å². The first-order valence-electron chi connectivity index (χ1n) is 4.21. The van der Waals surface area contributed by atoms with Crippen LogP contribution in [0.25, 0.3) is 0 Å². The van der Waals surface area contributed by atoms with E-state index >= 15 is 0 Å². The summed E-state index contributed by atoms with van der Waals surface area (Å²) in [5, 5.41) is 20.6. The Bertz CT molecular complexity index is 326. The second kappa shape index (κ2) is 4.57. The standard InChI is InChI=1S/C9H12N2O3/c1-6(12)5-11-9(14)8-7(13)3-2-4-10-8/h2-4,6,12-13H,5H2,1H3,(H,11,14). The van der Waals surface area contributed by atoms with Gasteiger partial charge >= 0.3 is 0 Å². The van der Waals surface area contributed by atoms with E-state index in [0.717, 1.165) is 0 Å². The van der Waals surface area contributed by atoms with E-state index < -0.39 is 12.0 Å². The summed E-state index contributed by atoms with van der Waals surface area (Å²) < 4.78 is 0. The van der Waals surface area contributed by atoms with Crippen LogP contribution in [0.3, 0.4) is 0 Å². The molecule has 1 atom stereocenters. The number of carbonyl (C=O) groups excluding carboxylic acids is 1. The van der Waals surface area contributed by atoms with Gasteiger partial charge in [-0.1, -0.05) is 0 Å². The Morgan fingerprint density at radius 1 is 1.71 bits per heavy atom. The molecule has 0 aromatic carbocycles. The highest BCUT2D eigenvalue weighted by Gasteiger charge is 2.11. The van der Waals surface area contributed by atoms with Crippen molar-refractivity contribution in [3.05, 3.63) is 24.0 Å². The lowest BCUT2D eigenvalue weighted by molar-refractivity contribution is 0.0916. The van der Waals surface area contributed by atoms with Crippen LogP contribution in [-0.2, 0) is 0 Å². The maximum atomic E-state index is 11.3. The molecule has 1 rings (SSSR count). The van der Waals surface area contributed by atoms with Crippen molar-refractivity contribution >= 4 is 5.91 Å². The zero-order valence-electron chi connectivity index (χ0n) is 7.77. The van der Waals surface area contributed by atoms with E-state index in [4.69, 9.17) is 5.11 Å². The van der Waals surface area contributed by atoms with E-state index in [0.29, 0.717) is 0 Å². The van der Waals surface area contributed by atoms with Gasteiger partial charge < -0.3 is 15.5 Å². The first-order chi connectivity index (χ1) is 6.61. The quantitative estimate of drug-likeness (QED) is 0.630. The summed E-state index contributed by atoms with van der Waals surface area (Å²) >= 11 is 0. The number of rotatable bonds is 3. The van der Waals surface area contributed by atoms with Crippen molar-refractivity contribution in [2.24, 2.45) is 0 Å². The number of aromatic hydroxyl groups is 1. The third kappa shape index (κ3) is 2.70. The first kappa shape index (κ1) is 10.5. The molecule has 3 N–H and O–H groups in total. The topological polar surface area (TPSA) is 82.5 Å². The van der Waals surface area contributed by atoms with Crippen LogP contribution in [-0.4, -0.2) is 33.8 Å². The molecule has 5 heteroatoms. The Kier molecular flexibility index (Phi) is 3.41. The Labute approximate surface area is 81.4 Å². The van der Waals surface area contributed by atoms with E-state index in [1.54, 1.807) is 6.92 Å². The molecule has 0 aliphatic heterocycles. The number of aromatic nitrogens is 1. The minimum absolute atomic E-state index is 0.0341. The number of aliphatic hydroxyl groups is 1. The van der Waals surface area contributed by atoms with Crippen LogP contribution in [0.4, 0.5) is 0 Å². The number of pyridine rings is 1. The van der Waals surface area contributed by atoms with Crippen molar-refractivity contribution in [3.8, 4) is 5.75 Å². The minimum atomic E-state index is -0.621. The van der Waals surface area contributed by atoms with Gasteiger partial charge in [0.2, 0.25) is 0 Å². The van der Waals surface area contributed by atoms with Gasteiger partial charge in [0.05, 0.1) is 6.10 Å². The van der Waals surface area contributed by atoms with Gasteiger partial charge in [0.1, 0.15) is 5.75 Å². The molecule has 0 saturated heterocycles. The van der Waals surface area contributed by atoms with Gasteiger partial charge in [0.15, 0.2) is 5.69 Å². The van der Waals surface area contributed by atoms with E-state index in [1.807, 2.05) is 0 Å². The molecule has 0 fully saturated rings. The summed E-state index contributed by atoms with van der Waals surface area (Å²) in [4.78, 5) is 15.0. The number of nitrogens with zero attached hydrogens (tertiary/aromatic N) is 1. The molecule has 0 bridgehead atoms. The molecule has 1 aromatic rings. The largest absolute Gasteiger partial charge is 0.505 e. The fraction of sp³-hybridized carbons (Fsp3) is 0.333. The second-order valence-electron chi connectivity index (χ2n) is 2.93. The van der Waals surface area contributed by atoms with Gasteiger partial charge in [-0.15, -0.1) is 0 Å². The molecule has 0 saturated carbocycles. The molecule has 0 aliphatic carbocycles. The zero-order chi connectivity index (χ0) is 10.6. The van der Waals surface area contributed by atoms with E-state index in [2.05, 4.69) is 10.3 Å². The van der Waals surface area contributed by atoms with Crippen LogP contribution >= 0.6 is 0 Å². The van der Waals surface area contributed by atoms with Crippen LogP contribution in [0, 0.1) is 0 Å². The smallest absolute Gasteiger partial charge is 0.273 e. The van der Waals surface area contributed by atoms with E-state index in [-0.39, 0.29) is 18.0 Å². The Balaban J connectivity index is 2.65. The number of aliphatic hydroxyl groups excluding tert-OH is 1. The highest BCUT2D eigenvalue weighted by molar-refractivity contribution is 5.94. The van der Waals surface area contributed by atoms with Crippen LogP contribution in [0.2, 0.25) is 0 Å². The molecule has 76 valence electrons. The number of amides is 1. The normalized spacial score (nSPS) is 12.1. The minimum Gasteiger partial charge on any atom is -0.505 e. The molecule has 1 unspecified atom stereocenters. The van der Waals surface area contributed by atoms with Crippen molar-refractivity contribution in [3.63, 3.8) is 0 Å². The molecule has 0 aliphatic rings. The third-order valence-electron chi connectivity index (χ3n) is 1.56. The maximum absolute atomic E-state index is 11.3. The number of hydrogen-bond donors (Lipinski definition) is 3. The SMILES string of the molecule is CC(O)CNC(=O)c1ncccc1O. The average molecular weight is 196 g/mol. The molecule has 0 spiro atoms. The summed E-state index contributed by atoms with van der Waals surface area (Å²) in [5.74, 6) is -0.667. The Morgan fingerprint density at radius 2 is 2.43 bits per heavy atom.